The maximum Gasteiger partial charge on any atom is 0.272 e. The average Bonchev–Trinajstić information content (AvgIpc) is 2.36. The Hall–Kier alpha value is -1.50. The second-order valence-electron chi connectivity index (χ2n) is 4.45. The number of nitrogens with one attached hydrogen (secondary N) is 1. The van der Waals surface area contributed by atoms with Crippen LogP contribution in [0.5, 0.6) is 0 Å². The molecule has 1 unspecified atom stereocenters. The molecule has 0 fully saturated rings. The van der Waals surface area contributed by atoms with Crippen LogP contribution in [-0.2, 0) is 11.3 Å². The van der Waals surface area contributed by atoms with Crippen molar-refractivity contribution in [3.8, 4) is 0 Å². The quantitative estimate of drug-likeness (QED) is 0.423. The topological polar surface area (TPSA) is 84.6 Å². The highest BCUT2D eigenvalue weighted by Gasteiger charge is 2.10. The summed E-state index contributed by atoms with van der Waals surface area (Å²) in [6.45, 7) is 3.21. The molecule has 0 amide bonds. The van der Waals surface area contributed by atoms with Gasteiger partial charge in [0.2, 0.25) is 0 Å². The van der Waals surface area contributed by atoms with Gasteiger partial charge in [-0.1, -0.05) is 12.1 Å². The number of aliphatic hydroxyl groups excluding tert-OH is 1. The van der Waals surface area contributed by atoms with Crippen molar-refractivity contribution in [1.82, 2.24) is 5.32 Å². The Labute approximate surface area is 112 Å². The molecule has 1 aromatic carbocycles. The average molecular weight is 268 g/mol. The van der Waals surface area contributed by atoms with Crippen molar-refractivity contribution >= 4 is 5.69 Å². The fourth-order valence-electron chi connectivity index (χ4n) is 1.74. The number of benzene rings is 1. The molecule has 6 nitrogen and oxygen atoms in total. The Morgan fingerprint density at radius 3 is 2.89 bits per heavy atom. The van der Waals surface area contributed by atoms with E-state index in [0.29, 0.717) is 31.7 Å². The van der Waals surface area contributed by atoms with Gasteiger partial charge in [0, 0.05) is 25.3 Å². The number of aliphatic hydroxyl groups is 1. The second kappa shape index (κ2) is 7.83. The summed E-state index contributed by atoms with van der Waals surface area (Å²) in [5, 5.41) is 23.4. The van der Waals surface area contributed by atoms with Gasteiger partial charge in [0.05, 0.1) is 17.6 Å². The minimum atomic E-state index is -0.482. The highest BCUT2D eigenvalue weighted by atomic mass is 16.6. The molecule has 0 radical (unpaired) electrons. The van der Waals surface area contributed by atoms with Crippen LogP contribution in [0.4, 0.5) is 5.69 Å². The lowest BCUT2D eigenvalue weighted by Crippen LogP contribution is -2.23. The lowest BCUT2D eigenvalue weighted by atomic mass is 10.1. The molecule has 0 heterocycles. The zero-order valence-electron chi connectivity index (χ0n) is 11.3. The van der Waals surface area contributed by atoms with E-state index in [4.69, 9.17) is 4.74 Å². The number of hydrogen-bond donors (Lipinski definition) is 2. The smallest absolute Gasteiger partial charge is 0.272 e. The van der Waals surface area contributed by atoms with Gasteiger partial charge in [-0.2, -0.15) is 0 Å². The summed E-state index contributed by atoms with van der Waals surface area (Å²) < 4.78 is 4.82. The number of ether oxygens (including phenoxy) is 1. The summed E-state index contributed by atoms with van der Waals surface area (Å²) >= 11 is 0. The Balaban J connectivity index is 2.41. The van der Waals surface area contributed by atoms with E-state index in [1.165, 1.54) is 0 Å². The van der Waals surface area contributed by atoms with Gasteiger partial charge in [0.25, 0.3) is 5.69 Å². The first-order valence-corrected chi connectivity index (χ1v) is 6.16. The molecule has 0 aromatic heterocycles. The van der Waals surface area contributed by atoms with E-state index in [1.54, 1.807) is 26.2 Å². The number of aryl methyl sites for hydroxylation is 1. The van der Waals surface area contributed by atoms with E-state index >= 15 is 0 Å². The van der Waals surface area contributed by atoms with Crippen molar-refractivity contribution in [2.24, 2.45) is 0 Å². The van der Waals surface area contributed by atoms with Gasteiger partial charge in [0.1, 0.15) is 0 Å². The molecule has 1 atom stereocenters. The van der Waals surface area contributed by atoms with Crippen LogP contribution < -0.4 is 5.32 Å². The molecule has 0 bridgehead atoms. The van der Waals surface area contributed by atoms with E-state index in [0.717, 1.165) is 5.56 Å². The summed E-state index contributed by atoms with van der Waals surface area (Å²) in [5.41, 5.74) is 1.65. The first-order chi connectivity index (χ1) is 9.04. The van der Waals surface area contributed by atoms with Crippen molar-refractivity contribution in [2.45, 2.75) is 26.0 Å². The van der Waals surface area contributed by atoms with Gasteiger partial charge in [0.15, 0.2) is 0 Å². The third-order valence-electron chi connectivity index (χ3n) is 2.81. The number of nitro benzene ring substituents is 1. The van der Waals surface area contributed by atoms with Crippen LogP contribution in [0.25, 0.3) is 0 Å². The van der Waals surface area contributed by atoms with Gasteiger partial charge in [-0.05, 0) is 25.5 Å². The van der Waals surface area contributed by atoms with Crippen LogP contribution >= 0.6 is 0 Å². The lowest BCUT2D eigenvalue weighted by Gasteiger charge is -2.10. The highest BCUT2D eigenvalue weighted by Crippen LogP contribution is 2.18. The molecule has 2 N–H and O–H groups in total. The molecule has 1 rings (SSSR count). The molecule has 0 saturated heterocycles. The van der Waals surface area contributed by atoms with Crippen LogP contribution in [0.1, 0.15) is 17.5 Å². The molecular formula is C13H20N2O4. The maximum absolute atomic E-state index is 10.8. The standard InChI is InChI=1S/C13H20N2O4/c1-10-3-4-11(7-13(10)15(17)18)8-14-6-5-12(16)9-19-2/h3-4,7,12,14,16H,5-6,8-9H2,1-2H3. The zero-order valence-corrected chi connectivity index (χ0v) is 11.3. The van der Waals surface area contributed by atoms with Gasteiger partial charge in [-0.3, -0.25) is 10.1 Å². The van der Waals surface area contributed by atoms with Crippen molar-refractivity contribution in [2.75, 3.05) is 20.3 Å². The minimum absolute atomic E-state index is 0.138. The Kier molecular flexibility index (Phi) is 6.41. The third-order valence-corrected chi connectivity index (χ3v) is 2.81. The molecule has 0 aliphatic carbocycles. The number of methoxy groups -OCH3 is 1. The molecular weight excluding hydrogens is 248 g/mol. The number of nitrogens with zero attached hydrogens (tertiary/aromatic N) is 1. The highest BCUT2D eigenvalue weighted by molar-refractivity contribution is 5.42. The van der Waals surface area contributed by atoms with Gasteiger partial charge >= 0.3 is 0 Å². The molecule has 0 aliphatic heterocycles. The molecule has 19 heavy (non-hydrogen) atoms. The summed E-state index contributed by atoms with van der Waals surface area (Å²) in [5.74, 6) is 0. The van der Waals surface area contributed by atoms with E-state index in [9.17, 15) is 15.2 Å². The number of hydrogen-bond acceptors (Lipinski definition) is 5. The SMILES string of the molecule is COCC(O)CCNCc1ccc(C)c([N+](=O)[O-])c1. The van der Waals surface area contributed by atoms with Crippen molar-refractivity contribution in [3.63, 3.8) is 0 Å². The monoisotopic (exact) mass is 268 g/mol. The Bertz CT molecular complexity index is 423. The summed E-state index contributed by atoms with van der Waals surface area (Å²) in [6.07, 6.45) is 0.103. The Morgan fingerprint density at radius 2 is 2.26 bits per heavy atom. The number of rotatable bonds is 8. The normalized spacial score (nSPS) is 12.4. The van der Waals surface area contributed by atoms with Crippen LogP contribution in [0, 0.1) is 17.0 Å². The predicted molar refractivity (Wildman–Crippen MR) is 72.0 cm³/mol. The van der Waals surface area contributed by atoms with Crippen LogP contribution in [-0.4, -0.2) is 36.4 Å². The molecule has 106 valence electrons. The van der Waals surface area contributed by atoms with Crippen molar-refractivity contribution in [3.05, 3.63) is 39.4 Å². The number of nitro groups is 1. The second-order valence-corrected chi connectivity index (χ2v) is 4.45. The summed E-state index contributed by atoms with van der Waals surface area (Å²) in [7, 11) is 1.54. The largest absolute Gasteiger partial charge is 0.391 e. The van der Waals surface area contributed by atoms with Crippen molar-refractivity contribution < 1.29 is 14.8 Å². The van der Waals surface area contributed by atoms with Crippen LogP contribution in [0.2, 0.25) is 0 Å². The third kappa shape index (κ3) is 5.34. The van der Waals surface area contributed by atoms with Crippen LogP contribution in [0.15, 0.2) is 18.2 Å². The molecule has 6 heteroatoms. The van der Waals surface area contributed by atoms with Gasteiger partial charge in [-0.25, -0.2) is 0 Å². The van der Waals surface area contributed by atoms with E-state index in [-0.39, 0.29) is 10.6 Å². The molecule has 0 spiro atoms. The zero-order chi connectivity index (χ0) is 14.3. The minimum Gasteiger partial charge on any atom is -0.391 e. The van der Waals surface area contributed by atoms with Gasteiger partial charge in [-0.15, -0.1) is 0 Å². The van der Waals surface area contributed by atoms with E-state index < -0.39 is 6.10 Å². The van der Waals surface area contributed by atoms with Crippen molar-refractivity contribution in [1.29, 1.82) is 0 Å². The van der Waals surface area contributed by atoms with E-state index in [2.05, 4.69) is 5.32 Å². The summed E-state index contributed by atoms with van der Waals surface area (Å²) in [4.78, 5) is 10.4. The van der Waals surface area contributed by atoms with Gasteiger partial charge < -0.3 is 15.2 Å². The van der Waals surface area contributed by atoms with E-state index in [1.807, 2.05) is 6.07 Å². The van der Waals surface area contributed by atoms with Crippen LogP contribution in [0.3, 0.4) is 0 Å². The Morgan fingerprint density at radius 1 is 1.53 bits per heavy atom. The fourth-order valence-corrected chi connectivity index (χ4v) is 1.74. The first-order valence-electron chi connectivity index (χ1n) is 6.16. The molecule has 0 saturated carbocycles. The summed E-state index contributed by atoms with van der Waals surface area (Å²) in [6, 6.07) is 5.18. The lowest BCUT2D eigenvalue weighted by molar-refractivity contribution is -0.385. The first kappa shape index (κ1) is 15.6. The molecule has 0 aliphatic rings. The maximum atomic E-state index is 10.8. The predicted octanol–water partition coefficient (Wildman–Crippen LogP) is 1.39. The fraction of sp³-hybridized carbons (Fsp3) is 0.538. The molecule has 1 aromatic rings.